The van der Waals surface area contributed by atoms with E-state index in [1.807, 2.05) is 32.9 Å². The highest BCUT2D eigenvalue weighted by molar-refractivity contribution is 5.89. The predicted octanol–water partition coefficient (Wildman–Crippen LogP) is 2.66. The molecule has 1 amide bonds. The highest BCUT2D eigenvalue weighted by Crippen LogP contribution is 2.26. The smallest absolute Gasteiger partial charge is 0.311 e. The molecular weight excluding hydrogens is 282 g/mol. The first-order valence-corrected chi connectivity index (χ1v) is 7.37. The van der Waals surface area contributed by atoms with Gasteiger partial charge in [-0.3, -0.25) is 9.59 Å². The van der Waals surface area contributed by atoms with Gasteiger partial charge in [-0.1, -0.05) is 12.1 Å². The van der Waals surface area contributed by atoms with Crippen LogP contribution in [-0.4, -0.2) is 24.5 Å². The Hall–Kier alpha value is -2.30. The van der Waals surface area contributed by atoms with Crippen LogP contribution in [0.2, 0.25) is 0 Å². The number of esters is 1. The molecule has 0 spiro atoms. The molecule has 118 valence electrons. The van der Waals surface area contributed by atoms with Crippen molar-refractivity contribution in [1.29, 1.82) is 0 Å². The van der Waals surface area contributed by atoms with Crippen LogP contribution >= 0.6 is 0 Å². The zero-order chi connectivity index (χ0) is 16.3. The Kier molecular flexibility index (Phi) is 4.85. The fourth-order valence-corrected chi connectivity index (χ4v) is 2.29. The molecule has 2 rings (SSSR count). The standard InChI is InChI=1S/C17H21NO4/c1-5-18-17(20)12(4)22-15(19)8-13-9-21-16-11(3)10(2)6-7-14(13)16/h6-7,9,12H,5,8H2,1-4H3,(H,18,20)/t12-/m0/s1. The summed E-state index contributed by atoms with van der Waals surface area (Å²) in [7, 11) is 0. The molecule has 0 unspecified atom stereocenters. The SMILES string of the molecule is CCNC(=O)[C@H](C)OC(=O)Cc1coc2c(C)c(C)ccc12. The van der Waals surface area contributed by atoms with E-state index in [2.05, 4.69) is 5.32 Å². The van der Waals surface area contributed by atoms with Crippen molar-refractivity contribution in [2.45, 2.75) is 40.2 Å². The number of aryl methyl sites for hydroxylation is 2. The molecule has 22 heavy (non-hydrogen) atoms. The average Bonchev–Trinajstić information content (AvgIpc) is 2.86. The van der Waals surface area contributed by atoms with E-state index in [-0.39, 0.29) is 12.3 Å². The Morgan fingerprint density at radius 1 is 1.32 bits per heavy atom. The number of carbonyl (C=O) groups excluding carboxylic acids is 2. The van der Waals surface area contributed by atoms with Gasteiger partial charge in [0.2, 0.25) is 0 Å². The number of hydrogen-bond donors (Lipinski definition) is 1. The van der Waals surface area contributed by atoms with E-state index in [9.17, 15) is 9.59 Å². The number of nitrogens with one attached hydrogen (secondary N) is 1. The minimum atomic E-state index is -0.797. The molecule has 0 aliphatic carbocycles. The summed E-state index contributed by atoms with van der Waals surface area (Å²) in [6.45, 7) is 7.88. The number of hydrogen-bond acceptors (Lipinski definition) is 4. The summed E-state index contributed by atoms with van der Waals surface area (Å²) in [6.07, 6.45) is 0.864. The van der Waals surface area contributed by atoms with Crippen LogP contribution in [0.5, 0.6) is 0 Å². The third kappa shape index (κ3) is 3.30. The van der Waals surface area contributed by atoms with Crippen molar-refractivity contribution in [3.05, 3.63) is 35.1 Å². The molecule has 0 fully saturated rings. The van der Waals surface area contributed by atoms with Gasteiger partial charge in [-0.15, -0.1) is 0 Å². The number of ether oxygens (including phenoxy) is 1. The van der Waals surface area contributed by atoms with Gasteiger partial charge in [-0.2, -0.15) is 0 Å². The lowest BCUT2D eigenvalue weighted by atomic mass is 10.0. The summed E-state index contributed by atoms with van der Waals surface area (Å²) in [4.78, 5) is 23.5. The molecule has 0 aliphatic heterocycles. The fraction of sp³-hybridized carbons (Fsp3) is 0.412. The lowest BCUT2D eigenvalue weighted by Gasteiger charge is -2.12. The van der Waals surface area contributed by atoms with Crippen LogP contribution in [0.1, 0.15) is 30.5 Å². The van der Waals surface area contributed by atoms with Gasteiger partial charge >= 0.3 is 5.97 Å². The van der Waals surface area contributed by atoms with Crippen molar-refractivity contribution in [2.24, 2.45) is 0 Å². The Morgan fingerprint density at radius 3 is 2.73 bits per heavy atom. The molecule has 0 saturated carbocycles. The topological polar surface area (TPSA) is 68.5 Å². The molecule has 0 saturated heterocycles. The van der Waals surface area contributed by atoms with E-state index in [0.29, 0.717) is 6.54 Å². The van der Waals surface area contributed by atoms with Gasteiger partial charge in [0.25, 0.3) is 5.91 Å². The normalized spacial score (nSPS) is 12.2. The molecule has 1 N–H and O–H groups in total. The Labute approximate surface area is 129 Å². The maximum absolute atomic E-state index is 12.0. The largest absolute Gasteiger partial charge is 0.464 e. The van der Waals surface area contributed by atoms with Crippen LogP contribution < -0.4 is 5.32 Å². The second-order valence-electron chi connectivity index (χ2n) is 5.35. The molecule has 1 aromatic carbocycles. The lowest BCUT2D eigenvalue weighted by molar-refractivity contribution is -0.154. The van der Waals surface area contributed by atoms with Crippen LogP contribution in [0, 0.1) is 13.8 Å². The van der Waals surface area contributed by atoms with Crippen molar-refractivity contribution in [2.75, 3.05) is 6.54 Å². The van der Waals surface area contributed by atoms with Gasteiger partial charge in [-0.25, -0.2) is 0 Å². The number of carbonyl (C=O) groups is 2. The summed E-state index contributed by atoms with van der Waals surface area (Å²) in [6, 6.07) is 3.94. The van der Waals surface area contributed by atoms with E-state index in [0.717, 1.165) is 27.7 Å². The quantitative estimate of drug-likeness (QED) is 0.862. The summed E-state index contributed by atoms with van der Waals surface area (Å²) >= 11 is 0. The van der Waals surface area contributed by atoms with E-state index in [4.69, 9.17) is 9.15 Å². The molecule has 0 bridgehead atoms. The molecule has 5 heteroatoms. The first kappa shape index (κ1) is 16.1. The third-order valence-electron chi connectivity index (χ3n) is 3.70. The maximum atomic E-state index is 12.0. The summed E-state index contributed by atoms with van der Waals surface area (Å²) in [5.41, 5.74) is 3.76. The molecule has 0 aliphatic rings. The highest BCUT2D eigenvalue weighted by Gasteiger charge is 2.19. The number of rotatable bonds is 5. The third-order valence-corrected chi connectivity index (χ3v) is 3.70. The van der Waals surface area contributed by atoms with Crippen LogP contribution in [0.15, 0.2) is 22.8 Å². The molecule has 2 aromatic rings. The zero-order valence-corrected chi connectivity index (χ0v) is 13.4. The van der Waals surface area contributed by atoms with Gasteiger partial charge in [-0.05, 0) is 38.8 Å². The average molecular weight is 303 g/mol. The van der Waals surface area contributed by atoms with Gasteiger partial charge in [0.15, 0.2) is 6.10 Å². The van der Waals surface area contributed by atoms with Crippen molar-refractivity contribution < 1.29 is 18.7 Å². The van der Waals surface area contributed by atoms with Crippen LogP contribution in [0.4, 0.5) is 0 Å². The Balaban J connectivity index is 2.09. The monoisotopic (exact) mass is 303 g/mol. The molecule has 1 atom stereocenters. The van der Waals surface area contributed by atoms with Gasteiger partial charge < -0.3 is 14.5 Å². The van der Waals surface area contributed by atoms with Crippen LogP contribution in [-0.2, 0) is 20.7 Å². The van der Waals surface area contributed by atoms with Gasteiger partial charge in [0.1, 0.15) is 5.58 Å². The van der Waals surface area contributed by atoms with Gasteiger partial charge in [0.05, 0.1) is 12.7 Å². The lowest BCUT2D eigenvalue weighted by Crippen LogP contribution is -2.35. The number of likely N-dealkylation sites (N-methyl/N-ethyl adjacent to an activating group) is 1. The first-order chi connectivity index (χ1) is 10.4. The van der Waals surface area contributed by atoms with Crippen molar-refractivity contribution >= 4 is 22.8 Å². The van der Waals surface area contributed by atoms with Crippen molar-refractivity contribution in [3.8, 4) is 0 Å². The molecule has 0 radical (unpaired) electrons. The molecule has 1 heterocycles. The predicted molar refractivity (Wildman–Crippen MR) is 83.6 cm³/mol. The maximum Gasteiger partial charge on any atom is 0.311 e. The molecule has 1 aromatic heterocycles. The van der Waals surface area contributed by atoms with E-state index in [1.165, 1.54) is 0 Å². The number of fused-ring (bicyclic) bond motifs is 1. The number of amides is 1. The van der Waals surface area contributed by atoms with Crippen molar-refractivity contribution in [1.82, 2.24) is 5.32 Å². The van der Waals surface area contributed by atoms with Crippen LogP contribution in [0.25, 0.3) is 11.0 Å². The second-order valence-corrected chi connectivity index (χ2v) is 5.35. The van der Waals surface area contributed by atoms with E-state index < -0.39 is 12.1 Å². The summed E-state index contributed by atoms with van der Waals surface area (Å²) in [5, 5.41) is 3.53. The molecule has 5 nitrogen and oxygen atoms in total. The van der Waals surface area contributed by atoms with E-state index in [1.54, 1.807) is 13.2 Å². The first-order valence-electron chi connectivity index (χ1n) is 7.37. The summed E-state index contributed by atoms with van der Waals surface area (Å²) < 4.78 is 10.7. The second kappa shape index (κ2) is 6.64. The van der Waals surface area contributed by atoms with Crippen molar-refractivity contribution in [3.63, 3.8) is 0 Å². The minimum absolute atomic E-state index is 0.0826. The minimum Gasteiger partial charge on any atom is -0.464 e. The van der Waals surface area contributed by atoms with E-state index >= 15 is 0 Å². The summed E-state index contributed by atoms with van der Waals surface area (Å²) in [5.74, 6) is -0.737. The fourth-order valence-electron chi connectivity index (χ4n) is 2.29. The molecular formula is C17H21NO4. The number of furan rings is 1. The Bertz CT molecular complexity index is 702. The highest BCUT2D eigenvalue weighted by atomic mass is 16.5. The Morgan fingerprint density at radius 2 is 2.05 bits per heavy atom. The van der Waals surface area contributed by atoms with Gasteiger partial charge in [0, 0.05) is 17.5 Å². The van der Waals surface area contributed by atoms with Crippen LogP contribution in [0.3, 0.4) is 0 Å². The zero-order valence-electron chi connectivity index (χ0n) is 13.4. The number of benzene rings is 1.